The molecule has 0 N–H and O–H groups in total. The molecule has 4 heteroatoms. The molecule has 0 bridgehead atoms. The van der Waals surface area contributed by atoms with E-state index in [9.17, 15) is 0 Å². The summed E-state index contributed by atoms with van der Waals surface area (Å²) in [5.41, 5.74) is 4.83. The Hall–Kier alpha value is -0.350. The fourth-order valence-corrected chi connectivity index (χ4v) is 3.54. The predicted molar refractivity (Wildman–Crippen MR) is 74.7 cm³/mol. The normalized spacial score (nSPS) is 15.9. The van der Waals surface area contributed by atoms with Crippen molar-refractivity contribution < 1.29 is 4.74 Å². The van der Waals surface area contributed by atoms with Crippen molar-refractivity contribution in [3.63, 3.8) is 0 Å². The maximum Gasteiger partial charge on any atom is 0.0843 e. The quantitative estimate of drug-likeness (QED) is 0.714. The lowest BCUT2D eigenvalue weighted by atomic mass is 10.0. The average Bonchev–Trinajstić information content (AvgIpc) is 2.95. The van der Waals surface area contributed by atoms with E-state index in [1.807, 2.05) is 0 Å². The van der Waals surface area contributed by atoms with Crippen LogP contribution in [-0.2, 0) is 18.0 Å². The van der Waals surface area contributed by atoms with Gasteiger partial charge in [0.05, 0.1) is 22.4 Å². The predicted octanol–water partition coefficient (Wildman–Crippen LogP) is 4.87. The van der Waals surface area contributed by atoms with Crippen LogP contribution in [0.2, 0.25) is 0 Å². The lowest BCUT2D eigenvalue weighted by Crippen LogP contribution is -1.93. The third kappa shape index (κ3) is 2.29. The van der Waals surface area contributed by atoms with Crippen molar-refractivity contribution in [3.8, 4) is 0 Å². The van der Waals surface area contributed by atoms with Gasteiger partial charge in [0.15, 0.2) is 0 Å². The molecule has 0 spiro atoms. The molecular formula is C13H10BrClOS. The van der Waals surface area contributed by atoms with Crippen molar-refractivity contribution >= 4 is 38.9 Å². The van der Waals surface area contributed by atoms with E-state index in [1.165, 1.54) is 11.1 Å². The van der Waals surface area contributed by atoms with E-state index in [2.05, 4.69) is 45.6 Å². The number of benzene rings is 1. The van der Waals surface area contributed by atoms with Gasteiger partial charge < -0.3 is 4.74 Å². The molecule has 3 rings (SSSR count). The Morgan fingerprint density at radius 2 is 2.00 bits per heavy atom. The number of halogens is 2. The van der Waals surface area contributed by atoms with Crippen molar-refractivity contribution in [2.45, 2.75) is 18.6 Å². The Kier molecular flexibility index (Phi) is 3.26. The third-order valence-corrected chi connectivity index (χ3v) is 4.95. The highest BCUT2D eigenvalue weighted by Crippen LogP contribution is 2.35. The van der Waals surface area contributed by atoms with Crippen LogP contribution < -0.4 is 0 Å². The summed E-state index contributed by atoms with van der Waals surface area (Å²) in [5, 5.41) is 2.01. The molecule has 1 aliphatic rings. The summed E-state index contributed by atoms with van der Waals surface area (Å²) >= 11 is 11.6. The van der Waals surface area contributed by atoms with Gasteiger partial charge in [-0.3, -0.25) is 0 Å². The van der Waals surface area contributed by atoms with Gasteiger partial charge in [-0.25, -0.2) is 0 Å². The first kappa shape index (κ1) is 11.7. The van der Waals surface area contributed by atoms with Crippen molar-refractivity contribution in [1.29, 1.82) is 0 Å². The van der Waals surface area contributed by atoms with Crippen LogP contribution in [0.3, 0.4) is 0 Å². The van der Waals surface area contributed by atoms with E-state index < -0.39 is 0 Å². The lowest BCUT2D eigenvalue weighted by Gasteiger charge is -2.09. The minimum Gasteiger partial charge on any atom is -0.372 e. The summed E-state index contributed by atoms with van der Waals surface area (Å²) < 4.78 is 6.52. The lowest BCUT2D eigenvalue weighted by molar-refractivity contribution is 0.134. The molecule has 1 aliphatic heterocycles. The third-order valence-electron chi connectivity index (χ3n) is 2.92. The Labute approximate surface area is 118 Å². The molecule has 88 valence electrons. The van der Waals surface area contributed by atoms with Gasteiger partial charge in [0.25, 0.3) is 0 Å². The van der Waals surface area contributed by atoms with Crippen LogP contribution >= 0.6 is 38.9 Å². The summed E-state index contributed by atoms with van der Waals surface area (Å²) in [6, 6.07) is 8.45. The van der Waals surface area contributed by atoms with E-state index in [1.54, 1.807) is 11.3 Å². The fraction of sp³-hybridized carbons (Fsp3) is 0.231. The van der Waals surface area contributed by atoms with Crippen LogP contribution in [0, 0.1) is 0 Å². The molecule has 1 nitrogen and oxygen atoms in total. The summed E-state index contributed by atoms with van der Waals surface area (Å²) in [6.07, 6.45) is 0. The molecule has 0 radical (unpaired) electrons. The molecule has 0 saturated heterocycles. The van der Waals surface area contributed by atoms with Crippen LogP contribution in [0.5, 0.6) is 0 Å². The van der Waals surface area contributed by atoms with Crippen LogP contribution in [0.1, 0.15) is 27.6 Å². The van der Waals surface area contributed by atoms with Gasteiger partial charge in [0, 0.05) is 0 Å². The van der Waals surface area contributed by atoms with Gasteiger partial charge in [-0.15, -0.1) is 22.9 Å². The zero-order valence-electron chi connectivity index (χ0n) is 8.95. The van der Waals surface area contributed by atoms with E-state index in [-0.39, 0.29) is 5.38 Å². The SMILES string of the molecule is ClC(c1csc(Br)c1)c1ccc2c(c1)COC2. The zero-order chi connectivity index (χ0) is 11.8. The first-order chi connectivity index (χ1) is 8.24. The first-order valence-corrected chi connectivity index (χ1v) is 7.42. The molecular weight excluding hydrogens is 320 g/mol. The molecule has 0 amide bonds. The molecule has 0 aliphatic carbocycles. The van der Waals surface area contributed by atoms with Crippen molar-refractivity contribution in [3.05, 3.63) is 55.7 Å². The van der Waals surface area contributed by atoms with Crippen molar-refractivity contribution in [1.82, 2.24) is 0 Å². The standard InChI is InChI=1S/C13H10BrClOS/c14-12-4-11(7-17-12)13(15)8-1-2-9-5-16-6-10(9)3-8/h1-4,7,13H,5-6H2. The maximum absolute atomic E-state index is 6.49. The Morgan fingerprint density at radius 1 is 1.18 bits per heavy atom. The molecule has 2 aromatic rings. The van der Waals surface area contributed by atoms with E-state index in [0.717, 1.165) is 21.5 Å². The number of fused-ring (bicyclic) bond motifs is 1. The minimum absolute atomic E-state index is 0.0801. The van der Waals surface area contributed by atoms with Gasteiger partial charge in [-0.2, -0.15) is 0 Å². The van der Waals surface area contributed by atoms with E-state index in [0.29, 0.717) is 6.61 Å². The highest BCUT2D eigenvalue weighted by molar-refractivity contribution is 9.11. The summed E-state index contributed by atoms with van der Waals surface area (Å²) in [6.45, 7) is 1.44. The molecule has 0 fully saturated rings. The largest absolute Gasteiger partial charge is 0.372 e. The van der Waals surface area contributed by atoms with Crippen LogP contribution in [0.15, 0.2) is 33.4 Å². The molecule has 1 unspecified atom stereocenters. The minimum atomic E-state index is -0.0801. The monoisotopic (exact) mass is 328 g/mol. The molecule has 0 saturated carbocycles. The number of rotatable bonds is 2. The molecule has 1 aromatic carbocycles. The molecule has 17 heavy (non-hydrogen) atoms. The second-order valence-electron chi connectivity index (χ2n) is 4.07. The second kappa shape index (κ2) is 4.73. The van der Waals surface area contributed by atoms with E-state index in [4.69, 9.17) is 16.3 Å². The van der Waals surface area contributed by atoms with Gasteiger partial charge in [-0.1, -0.05) is 18.2 Å². The second-order valence-corrected chi connectivity index (χ2v) is 6.79. The smallest absolute Gasteiger partial charge is 0.0843 e. The van der Waals surface area contributed by atoms with Gasteiger partial charge in [0.1, 0.15) is 0 Å². The topological polar surface area (TPSA) is 9.23 Å². The number of hydrogen-bond acceptors (Lipinski definition) is 2. The number of ether oxygens (including phenoxy) is 1. The Morgan fingerprint density at radius 3 is 2.76 bits per heavy atom. The highest BCUT2D eigenvalue weighted by atomic mass is 79.9. The summed E-state index contributed by atoms with van der Waals surface area (Å²) in [5.74, 6) is 0. The Balaban J connectivity index is 1.94. The number of hydrogen-bond donors (Lipinski definition) is 0. The van der Waals surface area contributed by atoms with Crippen LogP contribution in [0.4, 0.5) is 0 Å². The van der Waals surface area contributed by atoms with Gasteiger partial charge in [-0.05, 0) is 49.6 Å². The number of thiophene rings is 1. The number of alkyl halides is 1. The fourth-order valence-electron chi connectivity index (χ4n) is 2.00. The van der Waals surface area contributed by atoms with Crippen molar-refractivity contribution in [2.75, 3.05) is 0 Å². The average molecular weight is 330 g/mol. The zero-order valence-corrected chi connectivity index (χ0v) is 12.1. The van der Waals surface area contributed by atoms with Crippen molar-refractivity contribution in [2.24, 2.45) is 0 Å². The van der Waals surface area contributed by atoms with Gasteiger partial charge >= 0.3 is 0 Å². The van der Waals surface area contributed by atoms with Crippen LogP contribution in [-0.4, -0.2) is 0 Å². The summed E-state index contributed by atoms with van der Waals surface area (Å²) in [4.78, 5) is 0. The highest BCUT2D eigenvalue weighted by Gasteiger charge is 2.16. The van der Waals surface area contributed by atoms with Crippen LogP contribution in [0.25, 0.3) is 0 Å². The molecule has 1 aromatic heterocycles. The summed E-state index contributed by atoms with van der Waals surface area (Å²) in [7, 11) is 0. The maximum atomic E-state index is 6.49. The first-order valence-electron chi connectivity index (χ1n) is 5.31. The van der Waals surface area contributed by atoms with Gasteiger partial charge in [0.2, 0.25) is 0 Å². The Bertz CT molecular complexity index is 552. The van der Waals surface area contributed by atoms with E-state index >= 15 is 0 Å². The molecule has 1 atom stereocenters. The molecule has 2 heterocycles.